The largest absolute Gasteiger partial charge is 0.451 e. The second-order valence-electron chi connectivity index (χ2n) is 7.72. The molecule has 0 spiro atoms. The Hall–Kier alpha value is -3.38. The average Bonchev–Trinajstić information content (AvgIpc) is 2.94. The van der Waals surface area contributed by atoms with Crippen LogP contribution in [0.3, 0.4) is 0 Å². The van der Waals surface area contributed by atoms with Crippen LogP contribution in [-0.4, -0.2) is 53.1 Å². The number of benzene rings is 3. The number of halogens is 3. The van der Waals surface area contributed by atoms with E-state index in [0.29, 0.717) is 5.02 Å². The van der Waals surface area contributed by atoms with Crippen LogP contribution in [0.25, 0.3) is 0 Å². The molecule has 0 unspecified atom stereocenters. The number of nitrogens with zero attached hydrogens (tertiary/aromatic N) is 2. The van der Waals surface area contributed by atoms with Gasteiger partial charge in [-0.1, -0.05) is 55.8 Å². The molecule has 12 heteroatoms. The number of carbonyl (C=O) groups is 2. The Morgan fingerprint density at radius 3 is 2.21 bits per heavy atom. The van der Waals surface area contributed by atoms with E-state index in [2.05, 4.69) is 0 Å². The molecule has 0 fully saturated rings. The predicted molar refractivity (Wildman–Crippen MR) is 146 cm³/mol. The molecule has 2 amide bonds. The minimum atomic E-state index is -0.953. The number of likely N-dealkylation sites (N-methyl/N-ethyl adjacent to an activating group) is 1. The maximum absolute atomic E-state index is 14.7. The highest BCUT2D eigenvalue weighted by Gasteiger charge is 2.19. The van der Waals surface area contributed by atoms with Crippen molar-refractivity contribution in [2.75, 3.05) is 26.7 Å². The molecular weight excluding hydrogens is 552 g/mol. The first kappa shape index (κ1) is 31.8. The smallest absolute Gasteiger partial charge is 0.409 e. The molecule has 0 aliphatic heterocycles. The third-order valence-electron chi connectivity index (χ3n) is 4.89. The lowest BCUT2D eigenvalue weighted by molar-refractivity contribution is -0.129. The summed E-state index contributed by atoms with van der Waals surface area (Å²) in [6, 6.07) is 17.3. The van der Waals surface area contributed by atoms with Crippen LogP contribution in [-0.2, 0) is 16.1 Å². The SMILES string of the molecule is CC.CN(CCN(CC(=O)NO)Sc1cc(F)c(Oc2ccc(Cl)cc2)c(F)c1)C(=O)OCc1ccccc1. The average molecular weight is 582 g/mol. The lowest BCUT2D eigenvalue weighted by Crippen LogP contribution is -2.38. The van der Waals surface area contributed by atoms with Crippen LogP contribution in [0.15, 0.2) is 71.6 Å². The van der Waals surface area contributed by atoms with Gasteiger partial charge in [-0.2, -0.15) is 0 Å². The van der Waals surface area contributed by atoms with E-state index in [0.717, 1.165) is 29.6 Å². The molecule has 3 aromatic carbocycles. The van der Waals surface area contributed by atoms with E-state index >= 15 is 0 Å². The number of hydrogen-bond donors (Lipinski definition) is 2. The summed E-state index contributed by atoms with van der Waals surface area (Å²) in [4.78, 5) is 25.5. The van der Waals surface area contributed by atoms with Crippen molar-refractivity contribution < 1.29 is 33.1 Å². The lowest BCUT2D eigenvalue weighted by Gasteiger charge is -2.24. The van der Waals surface area contributed by atoms with E-state index in [9.17, 15) is 18.4 Å². The molecular formula is C27H30ClF2N3O5S. The first-order valence-electron chi connectivity index (χ1n) is 11.9. The van der Waals surface area contributed by atoms with Crippen molar-refractivity contribution >= 4 is 35.5 Å². The van der Waals surface area contributed by atoms with Gasteiger partial charge in [0.1, 0.15) is 12.4 Å². The van der Waals surface area contributed by atoms with Crippen molar-refractivity contribution in [2.45, 2.75) is 25.3 Å². The number of hydroxylamine groups is 1. The van der Waals surface area contributed by atoms with Crippen molar-refractivity contribution in [3.8, 4) is 11.5 Å². The summed E-state index contributed by atoms with van der Waals surface area (Å²) in [5.74, 6) is -3.04. The fraction of sp³-hybridized carbons (Fsp3) is 0.259. The molecule has 210 valence electrons. The van der Waals surface area contributed by atoms with Crippen LogP contribution in [0.5, 0.6) is 11.5 Å². The monoisotopic (exact) mass is 581 g/mol. The summed E-state index contributed by atoms with van der Waals surface area (Å²) in [7, 11) is 1.52. The van der Waals surface area contributed by atoms with Gasteiger partial charge in [-0.3, -0.25) is 10.0 Å². The Morgan fingerprint density at radius 1 is 1.00 bits per heavy atom. The Bertz CT molecular complexity index is 1180. The summed E-state index contributed by atoms with van der Waals surface area (Å²) in [5.41, 5.74) is 2.34. The molecule has 0 aromatic heterocycles. The topological polar surface area (TPSA) is 91.3 Å². The van der Waals surface area contributed by atoms with Gasteiger partial charge in [-0.25, -0.2) is 23.4 Å². The number of ether oxygens (including phenoxy) is 2. The van der Waals surface area contributed by atoms with Crippen LogP contribution in [0.4, 0.5) is 13.6 Å². The number of amides is 2. The van der Waals surface area contributed by atoms with Crippen LogP contribution in [0, 0.1) is 11.6 Å². The molecule has 0 bridgehead atoms. The molecule has 0 saturated carbocycles. The summed E-state index contributed by atoms with van der Waals surface area (Å²) in [6.07, 6.45) is -0.582. The minimum absolute atomic E-state index is 0.0956. The molecule has 0 aliphatic carbocycles. The van der Waals surface area contributed by atoms with Crippen molar-refractivity contribution in [3.63, 3.8) is 0 Å². The zero-order valence-corrected chi connectivity index (χ0v) is 23.3. The van der Waals surface area contributed by atoms with Gasteiger partial charge in [0, 0.05) is 30.1 Å². The minimum Gasteiger partial charge on any atom is -0.451 e. The number of nitrogens with one attached hydrogen (secondary N) is 1. The molecule has 0 radical (unpaired) electrons. The van der Waals surface area contributed by atoms with Crippen molar-refractivity contribution in [1.82, 2.24) is 14.7 Å². The third kappa shape index (κ3) is 10.7. The lowest BCUT2D eigenvalue weighted by atomic mass is 10.2. The van der Waals surface area contributed by atoms with Gasteiger partial charge >= 0.3 is 6.09 Å². The Labute approximate surface area is 235 Å². The maximum Gasteiger partial charge on any atom is 0.409 e. The van der Waals surface area contributed by atoms with E-state index in [1.165, 1.54) is 46.0 Å². The first-order valence-corrected chi connectivity index (χ1v) is 13.1. The van der Waals surface area contributed by atoms with Crippen molar-refractivity contribution in [3.05, 3.63) is 89.0 Å². The highest BCUT2D eigenvalue weighted by molar-refractivity contribution is 7.97. The molecule has 0 heterocycles. The molecule has 3 rings (SSSR count). The van der Waals surface area contributed by atoms with Crippen LogP contribution in [0.2, 0.25) is 5.02 Å². The molecule has 3 aromatic rings. The summed E-state index contributed by atoms with van der Waals surface area (Å²) in [5, 5.41) is 9.36. The van der Waals surface area contributed by atoms with Crippen molar-refractivity contribution in [2.24, 2.45) is 0 Å². The molecule has 0 atom stereocenters. The van der Waals surface area contributed by atoms with Gasteiger partial charge in [0.05, 0.1) is 6.54 Å². The maximum atomic E-state index is 14.7. The summed E-state index contributed by atoms with van der Waals surface area (Å²) >= 11 is 6.68. The predicted octanol–water partition coefficient (Wildman–Crippen LogP) is 6.52. The zero-order valence-electron chi connectivity index (χ0n) is 21.7. The van der Waals surface area contributed by atoms with Crippen LogP contribution in [0.1, 0.15) is 19.4 Å². The normalized spacial score (nSPS) is 10.4. The molecule has 0 aliphatic rings. The summed E-state index contributed by atoms with van der Waals surface area (Å²) in [6.45, 7) is 4.02. The molecule has 0 saturated heterocycles. The Morgan fingerprint density at radius 2 is 1.62 bits per heavy atom. The standard InChI is InChI=1S/C25H24ClF2N3O5S.C2H6/c1-30(25(33)35-16-17-5-3-2-4-6-17)11-12-31(15-23(32)29-34)37-20-13-21(27)24(22(28)14-20)36-19-9-7-18(26)8-10-19;1-2/h2-10,13-14,34H,11-12,15-16H2,1H3,(H,29,32);1-2H3. The second-order valence-corrected chi connectivity index (χ2v) is 9.33. The fourth-order valence-corrected chi connectivity index (χ4v) is 4.08. The highest BCUT2D eigenvalue weighted by Crippen LogP contribution is 2.33. The van der Waals surface area contributed by atoms with Gasteiger partial charge in [0.15, 0.2) is 17.4 Å². The number of hydrogen-bond acceptors (Lipinski definition) is 7. The van der Waals surface area contributed by atoms with E-state index in [1.807, 2.05) is 44.2 Å². The van der Waals surface area contributed by atoms with Crippen molar-refractivity contribution in [1.29, 1.82) is 0 Å². The van der Waals surface area contributed by atoms with E-state index in [1.54, 1.807) is 0 Å². The molecule has 2 N–H and O–H groups in total. The quantitative estimate of drug-likeness (QED) is 0.151. The van der Waals surface area contributed by atoms with Gasteiger partial charge < -0.3 is 14.4 Å². The third-order valence-corrected chi connectivity index (χ3v) is 6.15. The summed E-state index contributed by atoms with van der Waals surface area (Å²) < 4.78 is 41.4. The van der Waals surface area contributed by atoms with Crippen LogP contribution < -0.4 is 10.2 Å². The van der Waals surface area contributed by atoms with Gasteiger partial charge in [0.2, 0.25) is 0 Å². The zero-order chi connectivity index (χ0) is 28.8. The molecule has 8 nitrogen and oxygen atoms in total. The van der Waals surface area contributed by atoms with E-state index < -0.39 is 29.4 Å². The van der Waals surface area contributed by atoms with Gasteiger partial charge in [-0.05, 0) is 53.9 Å². The Balaban J connectivity index is 0.00000260. The van der Waals surface area contributed by atoms with E-state index in [-0.39, 0.29) is 36.9 Å². The van der Waals surface area contributed by atoms with E-state index in [4.69, 9.17) is 26.3 Å². The first-order chi connectivity index (χ1) is 18.7. The molecule has 39 heavy (non-hydrogen) atoms. The van der Waals surface area contributed by atoms with Crippen LogP contribution >= 0.6 is 23.5 Å². The highest BCUT2D eigenvalue weighted by atomic mass is 35.5. The Kier molecular flexibility index (Phi) is 13.5. The fourth-order valence-electron chi connectivity index (χ4n) is 2.99. The second kappa shape index (κ2) is 16.6. The number of rotatable bonds is 11. The number of carbonyl (C=O) groups excluding carboxylic acids is 2. The van der Waals surface area contributed by atoms with Gasteiger partial charge in [0.25, 0.3) is 5.91 Å². The van der Waals surface area contributed by atoms with Gasteiger partial charge in [-0.15, -0.1) is 0 Å².